The van der Waals surface area contributed by atoms with Gasteiger partial charge in [0.15, 0.2) is 0 Å². The molecule has 0 spiro atoms. The van der Waals surface area contributed by atoms with Gasteiger partial charge in [-0.05, 0) is 34.9 Å². The SMILES string of the molecule is CSc1ncccc1C(=O)N(C)Cc1ccc(C(C)(C)C)cc1. The van der Waals surface area contributed by atoms with Gasteiger partial charge >= 0.3 is 0 Å². The van der Waals surface area contributed by atoms with Crippen LogP contribution < -0.4 is 0 Å². The predicted octanol–water partition coefficient (Wildman–Crippen LogP) is 4.37. The molecule has 2 rings (SSSR count). The Hall–Kier alpha value is -1.81. The zero-order valence-electron chi connectivity index (χ0n) is 14.5. The van der Waals surface area contributed by atoms with E-state index in [1.54, 1.807) is 17.2 Å². The maximum Gasteiger partial charge on any atom is 0.256 e. The third-order valence-corrected chi connectivity index (χ3v) is 4.49. The second-order valence-corrected chi connectivity index (χ2v) is 7.46. The second-order valence-electron chi connectivity index (χ2n) is 6.67. The fourth-order valence-corrected chi connectivity index (χ4v) is 2.92. The summed E-state index contributed by atoms with van der Waals surface area (Å²) in [5, 5.41) is 0.771. The van der Waals surface area contributed by atoms with Gasteiger partial charge in [-0.15, -0.1) is 11.8 Å². The Bertz CT molecular complexity index is 675. The number of rotatable bonds is 4. The van der Waals surface area contributed by atoms with Gasteiger partial charge in [0, 0.05) is 19.8 Å². The van der Waals surface area contributed by atoms with Crippen LogP contribution in [-0.2, 0) is 12.0 Å². The van der Waals surface area contributed by atoms with Crippen molar-refractivity contribution in [3.8, 4) is 0 Å². The molecule has 3 nitrogen and oxygen atoms in total. The molecule has 1 aromatic carbocycles. The Morgan fingerprint density at radius 3 is 2.39 bits per heavy atom. The standard InChI is InChI=1S/C19H24N2OS/c1-19(2,3)15-10-8-14(9-11-15)13-21(4)18(22)16-7-6-12-20-17(16)23-5/h6-12H,13H2,1-5H3. The summed E-state index contributed by atoms with van der Waals surface area (Å²) < 4.78 is 0. The van der Waals surface area contributed by atoms with Crippen LogP contribution in [0.1, 0.15) is 42.3 Å². The number of amides is 1. The number of benzene rings is 1. The lowest BCUT2D eigenvalue weighted by Crippen LogP contribution is -2.27. The molecular weight excluding hydrogens is 304 g/mol. The molecule has 0 bridgehead atoms. The predicted molar refractivity (Wildman–Crippen MR) is 97.0 cm³/mol. The average molecular weight is 328 g/mol. The van der Waals surface area contributed by atoms with Crippen LogP contribution in [-0.4, -0.2) is 29.1 Å². The van der Waals surface area contributed by atoms with Gasteiger partial charge < -0.3 is 4.90 Å². The molecular formula is C19H24N2OS. The van der Waals surface area contributed by atoms with E-state index in [4.69, 9.17) is 0 Å². The molecule has 1 aromatic heterocycles. The van der Waals surface area contributed by atoms with Gasteiger partial charge in [-0.2, -0.15) is 0 Å². The summed E-state index contributed by atoms with van der Waals surface area (Å²) in [5.41, 5.74) is 3.23. The molecule has 0 unspecified atom stereocenters. The van der Waals surface area contributed by atoms with Gasteiger partial charge in [0.25, 0.3) is 5.91 Å². The summed E-state index contributed by atoms with van der Waals surface area (Å²) >= 11 is 1.49. The van der Waals surface area contributed by atoms with Crippen LogP contribution in [0.5, 0.6) is 0 Å². The van der Waals surface area contributed by atoms with Crippen molar-refractivity contribution in [3.63, 3.8) is 0 Å². The van der Waals surface area contributed by atoms with Gasteiger partial charge in [0.05, 0.1) is 5.56 Å². The summed E-state index contributed by atoms with van der Waals surface area (Å²) in [6.45, 7) is 7.18. The van der Waals surface area contributed by atoms with Crippen LogP contribution in [0.2, 0.25) is 0 Å². The third-order valence-electron chi connectivity index (χ3n) is 3.78. The lowest BCUT2D eigenvalue weighted by molar-refractivity contribution is 0.0781. The lowest BCUT2D eigenvalue weighted by atomic mass is 9.87. The summed E-state index contributed by atoms with van der Waals surface area (Å²) in [6.07, 6.45) is 3.65. The van der Waals surface area contributed by atoms with E-state index in [-0.39, 0.29) is 11.3 Å². The molecule has 0 atom stereocenters. The minimum Gasteiger partial charge on any atom is -0.337 e. The Kier molecular flexibility index (Phi) is 5.47. The number of thioether (sulfide) groups is 1. The summed E-state index contributed by atoms with van der Waals surface area (Å²) in [7, 11) is 1.83. The van der Waals surface area contributed by atoms with E-state index in [2.05, 4.69) is 50.0 Å². The maximum absolute atomic E-state index is 12.6. The van der Waals surface area contributed by atoms with Crippen LogP contribution in [0.3, 0.4) is 0 Å². The monoisotopic (exact) mass is 328 g/mol. The highest BCUT2D eigenvalue weighted by molar-refractivity contribution is 7.98. The number of hydrogen-bond donors (Lipinski definition) is 0. The van der Waals surface area contributed by atoms with Crippen LogP contribution in [0.15, 0.2) is 47.6 Å². The first kappa shape index (κ1) is 17.5. The van der Waals surface area contributed by atoms with Crippen LogP contribution in [0.4, 0.5) is 0 Å². The van der Waals surface area contributed by atoms with Crippen molar-refractivity contribution in [1.29, 1.82) is 0 Å². The van der Waals surface area contributed by atoms with E-state index >= 15 is 0 Å². The molecule has 0 aliphatic rings. The number of pyridine rings is 1. The Balaban J connectivity index is 2.12. The van der Waals surface area contributed by atoms with Crippen molar-refractivity contribution in [2.75, 3.05) is 13.3 Å². The number of nitrogens with zero attached hydrogens (tertiary/aromatic N) is 2. The second kappa shape index (κ2) is 7.18. The van der Waals surface area contributed by atoms with E-state index in [0.717, 1.165) is 10.6 Å². The number of carbonyl (C=O) groups is 1. The van der Waals surface area contributed by atoms with E-state index in [1.165, 1.54) is 17.3 Å². The van der Waals surface area contributed by atoms with Crippen molar-refractivity contribution in [2.24, 2.45) is 0 Å². The highest BCUT2D eigenvalue weighted by atomic mass is 32.2. The fourth-order valence-electron chi connectivity index (χ4n) is 2.38. The molecule has 0 saturated heterocycles. The van der Waals surface area contributed by atoms with Crippen LogP contribution in [0.25, 0.3) is 0 Å². The molecule has 1 amide bonds. The van der Waals surface area contributed by atoms with Gasteiger partial charge in [0.1, 0.15) is 5.03 Å². The summed E-state index contributed by atoms with van der Waals surface area (Å²) in [6, 6.07) is 12.1. The van der Waals surface area contributed by atoms with E-state index < -0.39 is 0 Å². The third kappa shape index (κ3) is 4.35. The normalized spacial score (nSPS) is 11.3. The van der Waals surface area contributed by atoms with Gasteiger partial charge in [-0.1, -0.05) is 45.0 Å². The van der Waals surface area contributed by atoms with Crippen LogP contribution >= 0.6 is 11.8 Å². The quantitative estimate of drug-likeness (QED) is 0.781. The van der Waals surface area contributed by atoms with Gasteiger partial charge in [0.2, 0.25) is 0 Å². The average Bonchev–Trinajstić information content (AvgIpc) is 2.53. The van der Waals surface area contributed by atoms with E-state index in [0.29, 0.717) is 12.1 Å². The van der Waals surface area contributed by atoms with Crippen molar-refractivity contribution in [3.05, 3.63) is 59.3 Å². The van der Waals surface area contributed by atoms with Crippen molar-refractivity contribution >= 4 is 17.7 Å². The summed E-state index contributed by atoms with van der Waals surface area (Å²) in [4.78, 5) is 18.6. The molecule has 2 aromatic rings. The zero-order valence-corrected chi connectivity index (χ0v) is 15.3. The van der Waals surface area contributed by atoms with E-state index in [9.17, 15) is 4.79 Å². The Morgan fingerprint density at radius 1 is 1.17 bits per heavy atom. The topological polar surface area (TPSA) is 33.2 Å². The number of hydrogen-bond acceptors (Lipinski definition) is 3. The van der Waals surface area contributed by atoms with Crippen molar-refractivity contribution < 1.29 is 4.79 Å². The molecule has 0 saturated carbocycles. The Labute approximate surface area is 143 Å². The number of carbonyl (C=O) groups excluding carboxylic acids is 1. The molecule has 23 heavy (non-hydrogen) atoms. The molecule has 0 radical (unpaired) electrons. The maximum atomic E-state index is 12.6. The minimum absolute atomic E-state index is 0.00217. The lowest BCUT2D eigenvalue weighted by Gasteiger charge is -2.21. The van der Waals surface area contributed by atoms with Crippen LogP contribution in [0, 0.1) is 0 Å². The minimum atomic E-state index is 0.00217. The highest BCUT2D eigenvalue weighted by Crippen LogP contribution is 2.23. The molecule has 0 fully saturated rings. The highest BCUT2D eigenvalue weighted by Gasteiger charge is 2.17. The zero-order chi connectivity index (χ0) is 17.0. The van der Waals surface area contributed by atoms with E-state index in [1.807, 2.05) is 19.4 Å². The molecule has 1 heterocycles. The van der Waals surface area contributed by atoms with Gasteiger partial charge in [-0.3, -0.25) is 4.79 Å². The number of aromatic nitrogens is 1. The fraction of sp³-hybridized carbons (Fsp3) is 0.368. The largest absolute Gasteiger partial charge is 0.337 e. The molecule has 122 valence electrons. The molecule has 0 aliphatic heterocycles. The first-order valence-corrected chi connectivity index (χ1v) is 8.89. The molecule has 0 aliphatic carbocycles. The van der Waals surface area contributed by atoms with Gasteiger partial charge in [-0.25, -0.2) is 4.98 Å². The molecule has 0 N–H and O–H groups in total. The Morgan fingerprint density at radius 2 is 1.83 bits per heavy atom. The summed E-state index contributed by atoms with van der Waals surface area (Å²) in [5.74, 6) is 0.00217. The van der Waals surface area contributed by atoms with Crippen molar-refractivity contribution in [1.82, 2.24) is 9.88 Å². The molecule has 4 heteroatoms. The first-order valence-electron chi connectivity index (χ1n) is 7.67. The smallest absolute Gasteiger partial charge is 0.256 e. The first-order chi connectivity index (χ1) is 10.8. The van der Waals surface area contributed by atoms with Crippen molar-refractivity contribution in [2.45, 2.75) is 37.8 Å².